The van der Waals surface area contributed by atoms with Gasteiger partial charge >= 0.3 is 19.8 Å². The van der Waals surface area contributed by atoms with Gasteiger partial charge in [-0.15, -0.1) is 0 Å². The third-order valence-corrected chi connectivity index (χ3v) is 7.94. The summed E-state index contributed by atoms with van der Waals surface area (Å²) in [5.74, 6) is -0.558. The van der Waals surface area contributed by atoms with Crippen molar-refractivity contribution in [2.24, 2.45) is 4.74 Å². The lowest BCUT2D eigenvalue weighted by atomic mass is 9.98. The van der Waals surface area contributed by atoms with Crippen molar-refractivity contribution in [2.45, 2.75) is 50.6 Å². The number of nitrogens with zero attached hydrogens (tertiary/aromatic N) is 2. The van der Waals surface area contributed by atoms with Crippen molar-refractivity contribution >= 4 is 24.9 Å². The number of hydrogen-bond donors (Lipinski definition) is 2. The molecule has 3 aromatic carbocycles. The zero-order valence-electron chi connectivity index (χ0n) is 23.7. The topological polar surface area (TPSA) is 164 Å². The van der Waals surface area contributed by atoms with Crippen LogP contribution >= 0.6 is 8.17 Å². The van der Waals surface area contributed by atoms with Crippen molar-refractivity contribution in [2.75, 3.05) is 6.61 Å². The molecule has 0 amide bonds. The van der Waals surface area contributed by atoms with Gasteiger partial charge in [-0.05, 0) is 30.9 Å². The summed E-state index contributed by atoms with van der Waals surface area (Å²) >= 11 is 0. The van der Waals surface area contributed by atoms with Gasteiger partial charge in [0.2, 0.25) is 5.75 Å². The van der Waals surface area contributed by atoms with Crippen molar-refractivity contribution in [3.05, 3.63) is 105 Å². The Morgan fingerprint density at radius 1 is 1.16 bits per heavy atom. The number of esters is 1. The lowest BCUT2D eigenvalue weighted by Gasteiger charge is -2.24. The van der Waals surface area contributed by atoms with Crippen molar-refractivity contribution in [3.63, 3.8) is 0 Å². The highest BCUT2D eigenvalue weighted by molar-refractivity contribution is 7.34. The van der Waals surface area contributed by atoms with E-state index in [0.717, 1.165) is 34.7 Å². The minimum atomic E-state index is -2.79. The van der Waals surface area contributed by atoms with Gasteiger partial charge < -0.3 is 24.2 Å². The van der Waals surface area contributed by atoms with Gasteiger partial charge in [-0.3, -0.25) is 18.9 Å². The average molecular weight is 626 g/mol. The third-order valence-electron chi connectivity index (χ3n) is 7.07. The normalized spacial score (nSPS) is 22.5. The van der Waals surface area contributed by atoms with Crippen LogP contribution in [0.25, 0.3) is 10.8 Å². The fourth-order valence-corrected chi connectivity index (χ4v) is 5.47. The van der Waals surface area contributed by atoms with E-state index in [4.69, 9.17) is 18.7 Å². The number of halogens is 1. The van der Waals surface area contributed by atoms with Crippen LogP contribution in [-0.2, 0) is 20.9 Å². The summed E-state index contributed by atoms with van der Waals surface area (Å²) in [5, 5.41) is 12.0. The van der Waals surface area contributed by atoms with E-state index in [1.54, 1.807) is 42.5 Å². The fourth-order valence-electron chi connectivity index (χ4n) is 4.70. The molecule has 1 aliphatic rings. The highest BCUT2D eigenvalue weighted by atomic mass is 31.1. The van der Waals surface area contributed by atoms with Gasteiger partial charge in [0, 0.05) is 17.6 Å². The number of aliphatic hydroxyl groups is 1. The first kappa shape index (κ1) is 31.0. The summed E-state index contributed by atoms with van der Waals surface area (Å²) in [6.45, 7) is 2.15. The second-order valence-electron chi connectivity index (χ2n) is 10.3. The first-order valence-corrected chi connectivity index (χ1v) is 14.7. The first-order valence-electron chi connectivity index (χ1n) is 13.6. The quantitative estimate of drug-likeness (QED) is 0.199. The van der Waals surface area contributed by atoms with E-state index in [1.165, 1.54) is 13.0 Å². The molecule has 0 radical (unpaired) electrons. The maximum Gasteiger partial charge on any atom is 0.395 e. The number of ether oxygens (including phenoxy) is 3. The number of carbonyl (C=O) groups excluding carboxylic acids is 1. The summed E-state index contributed by atoms with van der Waals surface area (Å²) in [4.78, 5) is 51.2. The maximum atomic E-state index is 15.6. The molecule has 2 unspecified atom stereocenters. The number of rotatable bonds is 10. The molecule has 230 valence electrons. The van der Waals surface area contributed by atoms with E-state index in [1.807, 2.05) is 23.2 Å². The standard InChI is InChI=1S/C30H29FN3O9P/c1-18(27(37)41-16-19-8-4-3-5-9-19)33-44(39)43-25-21-11-7-6-10-20(21)12-13-22(25)40-17-23-26(36)30(2,31)28(42-23)34-15-14-24(35)32-29(34)38/h3-15,18,23,26,28,36H,16-17H2,1-2H3,(H,32,35,38)/t18-,23+,26+,28?,30+/m0/s1. The Bertz CT molecular complexity index is 1790. The molecule has 44 heavy (non-hydrogen) atoms. The maximum absolute atomic E-state index is 15.6. The SMILES string of the molecule is C[C@H](N=[P+]([O-])Oc1c(OC[C@H]2OC(n3ccc(=O)[nH]c3=O)[C@](C)(F)[C@@H]2O)ccc2ccccc12)C(=O)OCc1ccccc1. The zero-order valence-corrected chi connectivity index (χ0v) is 24.6. The van der Waals surface area contributed by atoms with Gasteiger partial charge in [0.05, 0.1) is 0 Å². The molecule has 0 aliphatic carbocycles. The number of aromatic amines is 1. The Morgan fingerprint density at radius 2 is 1.89 bits per heavy atom. The van der Waals surface area contributed by atoms with E-state index in [0.29, 0.717) is 5.39 Å². The van der Waals surface area contributed by atoms with Crippen LogP contribution in [0.5, 0.6) is 11.5 Å². The minimum Gasteiger partial charge on any atom is -0.575 e. The minimum absolute atomic E-state index is 0.0310. The lowest BCUT2D eigenvalue weighted by Crippen LogP contribution is -2.43. The molecule has 12 nitrogen and oxygen atoms in total. The highest BCUT2D eigenvalue weighted by Gasteiger charge is 2.55. The second-order valence-corrected chi connectivity index (χ2v) is 11.2. The van der Waals surface area contributed by atoms with Gasteiger partial charge in [0.25, 0.3) is 5.56 Å². The fraction of sp³-hybridized carbons (Fsp3) is 0.300. The molecule has 2 heterocycles. The molecule has 4 aromatic rings. The Morgan fingerprint density at radius 3 is 2.64 bits per heavy atom. The van der Waals surface area contributed by atoms with E-state index >= 15 is 4.39 Å². The molecule has 1 aromatic heterocycles. The molecular weight excluding hydrogens is 596 g/mol. The summed E-state index contributed by atoms with van der Waals surface area (Å²) < 4.78 is 42.9. The number of aromatic nitrogens is 2. The van der Waals surface area contributed by atoms with Crippen LogP contribution in [0.1, 0.15) is 25.6 Å². The molecule has 0 saturated carbocycles. The summed E-state index contributed by atoms with van der Waals surface area (Å²) in [7, 11) is -2.79. The number of carbonyl (C=O) groups is 1. The summed E-state index contributed by atoms with van der Waals surface area (Å²) in [5.41, 5.74) is -3.21. The molecule has 1 saturated heterocycles. The Kier molecular flexibility index (Phi) is 9.21. The van der Waals surface area contributed by atoms with Crippen LogP contribution in [-0.4, -0.2) is 51.2 Å². The average Bonchev–Trinajstić information content (AvgIpc) is 3.23. The molecule has 6 atom stereocenters. The summed E-state index contributed by atoms with van der Waals surface area (Å²) in [6, 6.07) is 19.3. The van der Waals surface area contributed by atoms with Crippen LogP contribution in [0.2, 0.25) is 0 Å². The number of nitrogens with one attached hydrogen (secondary N) is 1. The number of hydrogen-bond acceptors (Lipinski definition) is 10. The Labute approximate surface area is 251 Å². The van der Waals surface area contributed by atoms with Gasteiger partial charge in [-0.25, -0.2) is 14.0 Å². The number of benzene rings is 3. The van der Waals surface area contributed by atoms with Crippen LogP contribution < -0.4 is 25.4 Å². The van der Waals surface area contributed by atoms with E-state index in [2.05, 4.69) is 4.74 Å². The molecular formula is C30H29FN3O9P. The van der Waals surface area contributed by atoms with Crippen molar-refractivity contribution in [3.8, 4) is 11.5 Å². The number of fused-ring (bicyclic) bond motifs is 1. The Balaban J connectivity index is 1.33. The summed E-state index contributed by atoms with van der Waals surface area (Å²) in [6.07, 6.45) is -3.44. The Hall–Kier alpha value is -4.42. The van der Waals surface area contributed by atoms with Crippen molar-refractivity contribution < 1.29 is 37.9 Å². The lowest BCUT2D eigenvalue weighted by molar-refractivity contribution is -0.169. The third kappa shape index (κ3) is 6.71. The second kappa shape index (κ2) is 13.1. The van der Waals surface area contributed by atoms with E-state index in [-0.39, 0.29) is 24.7 Å². The largest absolute Gasteiger partial charge is 0.575 e. The number of H-pyrrole nitrogens is 1. The van der Waals surface area contributed by atoms with Crippen LogP contribution in [0.15, 0.2) is 93.3 Å². The molecule has 2 N–H and O–H groups in total. The number of aliphatic hydroxyl groups excluding tert-OH is 1. The van der Waals surface area contributed by atoms with Gasteiger partial charge in [-0.2, -0.15) is 0 Å². The van der Waals surface area contributed by atoms with Gasteiger partial charge in [-0.1, -0.05) is 65.4 Å². The van der Waals surface area contributed by atoms with Gasteiger partial charge in [0.1, 0.15) is 25.4 Å². The van der Waals surface area contributed by atoms with E-state index in [9.17, 15) is 24.4 Å². The van der Waals surface area contributed by atoms with Crippen LogP contribution in [0, 0.1) is 0 Å². The smallest absolute Gasteiger partial charge is 0.395 e. The van der Waals surface area contributed by atoms with Crippen LogP contribution in [0.4, 0.5) is 4.39 Å². The van der Waals surface area contributed by atoms with Gasteiger partial charge in [0.15, 0.2) is 23.7 Å². The molecule has 1 fully saturated rings. The van der Waals surface area contributed by atoms with E-state index < -0.39 is 55.5 Å². The molecule has 0 bridgehead atoms. The highest BCUT2D eigenvalue weighted by Crippen LogP contribution is 2.43. The van der Waals surface area contributed by atoms with Crippen LogP contribution in [0.3, 0.4) is 0 Å². The van der Waals surface area contributed by atoms with Crippen molar-refractivity contribution in [1.82, 2.24) is 9.55 Å². The predicted molar refractivity (Wildman–Crippen MR) is 156 cm³/mol. The molecule has 14 heteroatoms. The first-order chi connectivity index (χ1) is 21.0. The number of alkyl halides is 1. The molecule has 5 rings (SSSR count). The van der Waals surface area contributed by atoms with Crippen molar-refractivity contribution in [1.29, 1.82) is 0 Å². The monoisotopic (exact) mass is 625 g/mol. The zero-order chi connectivity index (χ0) is 31.4. The molecule has 0 spiro atoms. The molecule has 1 aliphatic heterocycles. The predicted octanol–water partition coefficient (Wildman–Crippen LogP) is 3.12.